The predicted molar refractivity (Wildman–Crippen MR) is 79.9 cm³/mol. The topological polar surface area (TPSA) is 66.4 Å². The van der Waals surface area contributed by atoms with Crippen LogP contribution in [0.4, 0.5) is 5.69 Å². The van der Waals surface area contributed by atoms with Gasteiger partial charge in [-0.25, -0.2) is 4.79 Å². The fourth-order valence-corrected chi connectivity index (χ4v) is 2.86. The molecule has 0 atom stereocenters. The minimum atomic E-state index is -1.01. The second-order valence-electron chi connectivity index (χ2n) is 4.62. The summed E-state index contributed by atoms with van der Waals surface area (Å²) in [4.78, 5) is 25.2. The Labute approximate surface area is 121 Å². The summed E-state index contributed by atoms with van der Waals surface area (Å²) in [6.45, 7) is 5.67. The van der Waals surface area contributed by atoms with Crippen LogP contribution in [-0.2, 0) is 0 Å². The number of aryl methyl sites for hydroxylation is 3. The molecule has 2 N–H and O–H groups in total. The number of thiophene rings is 1. The molecule has 1 amide bonds. The molecule has 0 saturated carbocycles. The van der Waals surface area contributed by atoms with Crippen molar-refractivity contribution < 1.29 is 14.7 Å². The van der Waals surface area contributed by atoms with Gasteiger partial charge in [0.25, 0.3) is 5.91 Å². The van der Waals surface area contributed by atoms with Crippen molar-refractivity contribution in [1.29, 1.82) is 0 Å². The summed E-state index contributed by atoms with van der Waals surface area (Å²) < 4.78 is 0. The van der Waals surface area contributed by atoms with Gasteiger partial charge in [-0.15, -0.1) is 11.3 Å². The zero-order valence-corrected chi connectivity index (χ0v) is 12.3. The van der Waals surface area contributed by atoms with Crippen LogP contribution in [0.15, 0.2) is 24.3 Å². The highest BCUT2D eigenvalue weighted by Crippen LogP contribution is 2.23. The minimum Gasteiger partial charge on any atom is -0.478 e. The molecule has 0 radical (unpaired) electrons. The maximum absolute atomic E-state index is 12.2. The van der Waals surface area contributed by atoms with Crippen molar-refractivity contribution in [3.8, 4) is 0 Å². The standard InChI is InChI=1S/C15H15NO3S/c1-8-4-5-11(15(18)19)7-13(8)16-14(17)12-6-9(2)20-10(12)3/h4-7H,1-3H3,(H,16,17)(H,18,19). The zero-order valence-electron chi connectivity index (χ0n) is 11.5. The zero-order chi connectivity index (χ0) is 14.9. The molecule has 1 aromatic heterocycles. The molecule has 0 aliphatic rings. The van der Waals surface area contributed by atoms with E-state index in [1.165, 1.54) is 12.1 Å². The van der Waals surface area contributed by atoms with Crippen molar-refractivity contribution in [3.05, 3.63) is 50.7 Å². The number of rotatable bonds is 3. The Hall–Kier alpha value is -2.14. The van der Waals surface area contributed by atoms with Gasteiger partial charge in [0.1, 0.15) is 0 Å². The average Bonchev–Trinajstić information content (AvgIpc) is 2.71. The van der Waals surface area contributed by atoms with E-state index in [2.05, 4.69) is 5.32 Å². The van der Waals surface area contributed by atoms with Crippen LogP contribution < -0.4 is 5.32 Å². The van der Waals surface area contributed by atoms with Gasteiger partial charge in [0, 0.05) is 15.4 Å². The number of hydrogen-bond donors (Lipinski definition) is 2. The third kappa shape index (κ3) is 2.88. The maximum atomic E-state index is 12.2. The molecule has 0 fully saturated rings. The number of nitrogens with one attached hydrogen (secondary N) is 1. The molecule has 0 spiro atoms. The van der Waals surface area contributed by atoms with Crippen molar-refractivity contribution >= 4 is 28.9 Å². The molecule has 0 unspecified atom stereocenters. The van der Waals surface area contributed by atoms with E-state index < -0.39 is 5.97 Å². The molecule has 1 aromatic carbocycles. The summed E-state index contributed by atoms with van der Waals surface area (Å²) in [7, 11) is 0. The molecule has 0 saturated heterocycles. The highest BCUT2D eigenvalue weighted by molar-refractivity contribution is 7.12. The quantitative estimate of drug-likeness (QED) is 0.906. The Bertz CT molecular complexity index is 688. The number of carbonyl (C=O) groups excluding carboxylic acids is 1. The number of carbonyl (C=O) groups is 2. The van der Waals surface area contributed by atoms with Crippen molar-refractivity contribution in [2.45, 2.75) is 20.8 Å². The summed E-state index contributed by atoms with van der Waals surface area (Å²) >= 11 is 1.57. The van der Waals surface area contributed by atoms with Crippen LogP contribution in [0.1, 0.15) is 36.0 Å². The first-order valence-corrected chi connectivity index (χ1v) is 6.92. The molecule has 5 heteroatoms. The highest BCUT2D eigenvalue weighted by Gasteiger charge is 2.14. The Morgan fingerprint density at radius 3 is 2.40 bits per heavy atom. The van der Waals surface area contributed by atoms with E-state index in [1.807, 2.05) is 26.8 Å². The maximum Gasteiger partial charge on any atom is 0.335 e. The number of carboxylic acid groups (broad SMARTS) is 1. The molecule has 20 heavy (non-hydrogen) atoms. The van der Waals surface area contributed by atoms with Gasteiger partial charge < -0.3 is 10.4 Å². The third-order valence-corrected chi connectivity index (χ3v) is 3.98. The number of amides is 1. The van der Waals surface area contributed by atoms with Crippen molar-refractivity contribution in [1.82, 2.24) is 0 Å². The predicted octanol–water partition coefficient (Wildman–Crippen LogP) is 3.62. The summed E-state index contributed by atoms with van der Waals surface area (Å²) in [6, 6.07) is 6.52. The summed E-state index contributed by atoms with van der Waals surface area (Å²) in [5.41, 5.74) is 2.14. The molecule has 2 aromatic rings. The lowest BCUT2D eigenvalue weighted by molar-refractivity contribution is 0.0696. The van der Waals surface area contributed by atoms with E-state index in [1.54, 1.807) is 17.4 Å². The van der Waals surface area contributed by atoms with Crippen molar-refractivity contribution in [3.63, 3.8) is 0 Å². The number of hydrogen-bond acceptors (Lipinski definition) is 3. The first-order chi connectivity index (χ1) is 9.38. The minimum absolute atomic E-state index is 0.157. The lowest BCUT2D eigenvalue weighted by Crippen LogP contribution is -2.13. The number of carboxylic acids is 1. The second-order valence-corrected chi connectivity index (χ2v) is 6.08. The van der Waals surface area contributed by atoms with Crippen LogP contribution >= 0.6 is 11.3 Å². The molecule has 1 heterocycles. The fourth-order valence-electron chi connectivity index (χ4n) is 1.94. The van der Waals surface area contributed by atoms with Gasteiger partial charge in [-0.1, -0.05) is 6.07 Å². The normalized spacial score (nSPS) is 10.3. The first kappa shape index (κ1) is 14.3. The Balaban J connectivity index is 2.30. The van der Waals surface area contributed by atoms with Gasteiger partial charge in [0.2, 0.25) is 0 Å². The van der Waals surface area contributed by atoms with Crippen LogP contribution in [0.2, 0.25) is 0 Å². The molecule has 0 aliphatic heterocycles. The van der Waals surface area contributed by atoms with Crippen LogP contribution in [0.5, 0.6) is 0 Å². The van der Waals surface area contributed by atoms with Crippen LogP contribution in [-0.4, -0.2) is 17.0 Å². The second kappa shape index (κ2) is 5.46. The number of aromatic carboxylic acids is 1. The van der Waals surface area contributed by atoms with E-state index >= 15 is 0 Å². The van der Waals surface area contributed by atoms with E-state index in [4.69, 9.17) is 5.11 Å². The van der Waals surface area contributed by atoms with Crippen LogP contribution in [0.25, 0.3) is 0 Å². The van der Waals surface area contributed by atoms with Gasteiger partial charge in [-0.05, 0) is 44.5 Å². The SMILES string of the molecule is Cc1cc(C(=O)Nc2cc(C(=O)O)ccc2C)c(C)s1. The van der Waals surface area contributed by atoms with E-state index in [9.17, 15) is 9.59 Å². The third-order valence-electron chi connectivity index (χ3n) is 3.02. The highest BCUT2D eigenvalue weighted by atomic mass is 32.1. The number of benzene rings is 1. The van der Waals surface area contributed by atoms with Crippen LogP contribution in [0.3, 0.4) is 0 Å². The van der Waals surface area contributed by atoms with E-state index in [0.717, 1.165) is 15.3 Å². The van der Waals surface area contributed by atoms with Crippen LogP contribution in [0, 0.1) is 20.8 Å². The molecule has 0 bridgehead atoms. The Kier molecular flexibility index (Phi) is 3.90. The lowest BCUT2D eigenvalue weighted by atomic mass is 10.1. The van der Waals surface area contributed by atoms with E-state index in [-0.39, 0.29) is 11.5 Å². The monoisotopic (exact) mass is 289 g/mol. The Morgan fingerprint density at radius 2 is 1.85 bits per heavy atom. The van der Waals surface area contributed by atoms with Gasteiger partial charge in [-0.3, -0.25) is 4.79 Å². The first-order valence-electron chi connectivity index (χ1n) is 6.11. The summed E-state index contributed by atoms with van der Waals surface area (Å²) in [6.07, 6.45) is 0. The molecule has 0 aliphatic carbocycles. The lowest BCUT2D eigenvalue weighted by Gasteiger charge is -2.09. The van der Waals surface area contributed by atoms with E-state index in [0.29, 0.717) is 11.3 Å². The van der Waals surface area contributed by atoms with Gasteiger partial charge >= 0.3 is 5.97 Å². The smallest absolute Gasteiger partial charge is 0.335 e. The molecule has 4 nitrogen and oxygen atoms in total. The summed E-state index contributed by atoms with van der Waals surface area (Å²) in [5.74, 6) is -1.22. The average molecular weight is 289 g/mol. The largest absolute Gasteiger partial charge is 0.478 e. The Morgan fingerprint density at radius 1 is 1.15 bits per heavy atom. The molecular weight excluding hydrogens is 274 g/mol. The van der Waals surface area contributed by atoms with Gasteiger partial charge in [-0.2, -0.15) is 0 Å². The fraction of sp³-hybridized carbons (Fsp3) is 0.200. The molecule has 2 rings (SSSR count). The molecular formula is C15H15NO3S. The van der Waals surface area contributed by atoms with Gasteiger partial charge in [0.15, 0.2) is 0 Å². The van der Waals surface area contributed by atoms with Crippen molar-refractivity contribution in [2.24, 2.45) is 0 Å². The van der Waals surface area contributed by atoms with Gasteiger partial charge in [0.05, 0.1) is 11.1 Å². The van der Waals surface area contributed by atoms with Crippen molar-refractivity contribution in [2.75, 3.05) is 5.32 Å². The molecule has 104 valence electrons. The number of anilines is 1. The summed E-state index contributed by atoms with van der Waals surface area (Å²) in [5, 5.41) is 11.8.